The van der Waals surface area contributed by atoms with Crippen LogP contribution in [-0.4, -0.2) is 36.5 Å². The predicted octanol–water partition coefficient (Wildman–Crippen LogP) is 2.04. The summed E-state index contributed by atoms with van der Waals surface area (Å²) in [6.07, 6.45) is 1.67. The quantitative estimate of drug-likeness (QED) is 0.677. The molecule has 1 unspecified atom stereocenters. The van der Waals surface area contributed by atoms with Gasteiger partial charge in [0.2, 0.25) is 0 Å². The lowest BCUT2D eigenvalue weighted by Crippen LogP contribution is -2.38. The van der Waals surface area contributed by atoms with Gasteiger partial charge in [-0.1, -0.05) is 32.0 Å². The van der Waals surface area contributed by atoms with Gasteiger partial charge in [-0.05, 0) is 31.9 Å². The molecule has 24 heavy (non-hydrogen) atoms. The molecule has 0 saturated carbocycles. The predicted molar refractivity (Wildman–Crippen MR) is 91.5 cm³/mol. The summed E-state index contributed by atoms with van der Waals surface area (Å²) in [5.74, 6) is -1.07. The second kappa shape index (κ2) is 10.4. The highest BCUT2D eigenvalue weighted by molar-refractivity contribution is 5.94. The summed E-state index contributed by atoms with van der Waals surface area (Å²) in [5.41, 5.74) is 0.530. The summed E-state index contributed by atoms with van der Waals surface area (Å²) >= 11 is 0. The highest BCUT2D eigenvalue weighted by Gasteiger charge is 2.16. The lowest BCUT2D eigenvalue weighted by Gasteiger charge is -2.16. The largest absolute Gasteiger partial charge is 0.456 e. The first-order chi connectivity index (χ1) is 11.5. The number of ether oxygens (including phenoxy) is 1. The molecule has 6 nitrogen and oxygen atoms in total. The molecule has 0 aromatic heterocycles. The Morgan fingerprint density at radius 3 is 2.25 bits per heavy atom. The number of rotatable bonds is 9. The Labute approximate surface area is 143 Å². The molecule has 0 heterocycles. The number of carbonyl (C=O) groups excluding carboxylic acids is 3. The van der Waals surface area contributed by atoms with Gasteiger partial charge in [-0.15, -0.1) is 0 Å². The first-order valence-electron chi connectivity index (χ1n) is 8.27. The Hall–Kier alpha value is -2.37. The van der Waals surface area contributed by atoms with Gasteiger partial charge in [0.1, 0.15) is 0 Å². The van der Waals surface area contributed by atoms with E-state index < -0.39 is 5.97 Å². The van der Waals surface area contributed by atoms with E-state index in [-0.39, 0.29) is 36.9 Å². The van der Waals surface area contributed by atoms with Crippen LogP contribution >= 0.6 is 0 Å². The molecule has 0 spiro atoms. The number of esters is 1. The fraction of sp³-hybridized carbons (Fsp3) is 0.500. The summed E-state index contributed by atoms with van der Waals surface area (Å²) in [4.78, 5) is 35.4. The lowest BCUT2D eigenvalue weighted by molar-refractivity contribution is -0.149. The van der Waals surface area contributed by atoms with Gasteiger partial charge in [0, 0.05) is 17.6 Å². The van der Waals surface area contributed by atoms with Crippen molar-refractivity contribution in [3.63, 3.8) is 0 Å². The van der Waals surface area contributed by atoms with Crippen LogP contribution in [0.25, 0.3) is 0 Å². The van der Waals surface area contributed by atoms with Gasteiger partial charge in [0.05, 0.1) is 6.42 Å². The molecule has 1 aromatic rings. The van der Waals surface area contributed by atoms with E-state index in [0.717, 1.165) is 12.8 Å². The maximum atomic E-state index is 12.0. The van der Waals surface area contributed by atoms with Crippen LogP contribution in [-0.2, 0) is 14.3 Å². The molecule has 0 aliphatic heterocycles. The van der Waals surface area contributed by atoms with E-state index >= 15 is 0 Å². The molecule has 0 radical (unpaired) electrons. The number of nitrogens with one attached hydrogen (secondary N) is 2. The lowest BCUT2D eigenvalue weighted by atomic mass is 10.2. The molecule has 132 valence electrons. The van der Waals surface area contributed by atoms with E-state index in [0.29, 0.717) is 5.56 Å². The smallest absolute Gasteiger partial charge is 0.308 e. The number of hydrogen-bond donors (Lipinski definition) is 2. The molecular formula is C18H26N2O4. The molecule has 0 fully saturated rings. The summed E-state index contributed by atoms with van der Waals surface area (Å²) in [7, 11) is 0. The van der Waals surface area contributed by atoms with Crippen LogP contribution in [0.3, 0.4) is 0 Å². The second-order valence-electron chi connectivity index (χ2n) is 5.69. The van der Waals surface area contributed by atoms with Gasteiger partial charge in [0.15, 0.2) is 6.61 Å². The van der Waals surface area contributed by atoms with Crippen LogP contribution in [0.1, 0.15) is 50.4 Å². The van der Waals surface area contributed by atoms with Gasteiger partial charge < -0.3 is 15.4 Å². The van der Waals surface area contributed by atoms with Crippen LogP contribution in [0.15, 0.2) is 30.3 Å². The van der Waals surface area contributed by atoms with E-state index in [4.69, 9.17) is 4.74 Å². The van der Waals surface area contributed by atoms with Crippen LogP contribution in [0.2, 0.25) is 0 Å². The number of benzene rings is 1. The summed E-state index contributed by atoms with van der Waals surface area (Å²) in [6.45, 7) is 5.39. The van der Waals surface area contributed by atoms with Crippen LogP contribution in [0.4, 0.5) is 0 Å². The Kier molecular flexibility index (Phi) is 8.54. The van der Waals surface area contributed by atoms with Crippen molar-refractivity contribution in [2.75, 3.05) is 6.61 Å². The molecule has 0 aliphatic carbocycles. The van der Waals surface area contributed by atoms with Gasteiger partial charge in [-0.3, -0.25) is 14.4 Å². The summed E-state index contributed by atoms with van der Waals surface area (Å²) in [5, 5.41) is 5.52. The fourth-order valence-corrected chi connectivity index (χ4v) is 2.16. The zero-order valence-corrected chi connectivity index (χ0v) is 14.5. The first-order valence-corrected chi connectivity index (χ1v) is 8.27. The SMILES string of the molecule is CCC(CC)NC(=O)COC(=O)CC(C)NC(=O)c1ccccc1. The van der Waals surface area contributed by atoms with Crippen molar-refractivity contribution >= 4 is 17.8 Å². The molecule has 6 heteroatoms. The van der Waals surface area contributed by atoms with Crippen LogP contribution < -0.4 is 10.6 Å². The monoisotopic (exact) mass is 334 g/mol. The van der Waals surface area contributed by atoms with Gasteiger partial charge in [-0.2, -0.15) is 0 Å². The van der Waals surface area contributed by atoms with Gasteiger partial charge in [-0.25, -0.2) is 0 Å². The first kappa shape index (κ1) is 19.7. The summed E-state index contributed by atoms with van der Waals surface area (Å²) < 4.78 is 4.95. The van der Waals surface area contributed by atoms with E-state index in [1.54, 1.807) is 31.2 Å². The van der Waals surface area contributed by atoms with E-state index in [9.17, 15) is 14.4 Å². The molecule has 1 rings (SSSR count). The third kappa shape index (κ3) is 7.26. The van der Waals surface area contributed by atoms with Crippen molar-refractivity contribution in [1.82, 2.24) is 10.6 Å². The van der Waals surface area contributed by atoms with Crippen molar-refractivity contribution in [3.8, 4) is 0 Å². The molecule has 2 amide bonds. The average molecular weight is 334 g/mol. The van der Waals surface area contributed by atoms with Gasteiger partial charge in [0.25, 0.3) is 11.8 Å². The Morgan fingerprint density at radius 2 is 1.67 bits per heavy atom. The normalized spacial score (nSPS) is 11.7. The Bertz CT molecular complexity index is 541. The van der Waals surface area contributed by atoms with Gasteiger partial charge >= 0.3 is 5.97 Å². The molecular weight excluding hydrogens is 308 g/mol. The van der Waals surface area contributed by atoms with E-state index in [1.165, 1.54) is 0 Å². The number of amides is 2. The number of carbonyl (C=O) groups is 3. The molecule has 0 bridgehead atoms. The van der Waals surface area contributed by atoms with Crippen molar-refractivity contribution in [2.24, 2.45) is 0 Å². The van der Waals surface area contributed by atoms with Crippen LogP contribution in [0.5, 0.6) is 0 Å². The fourth-order valence-electron chi connectivity index (χ4n) is 2.16. The molecule has 2 N–H and O–H groups in total. The molecule has 0 saturated heterocycles. The zero-order valence-electron chi connectivity index (χ0n) is 14.5. The molecule has 0 aliphatic rings. The minimum atomic E-state index is -0.518. The third-order valence-corrected chi connectivity index (χ3v) is 3.60. The second-order valence-corrected chi connectivity index (χ2v) is 5.69. The van der Waals surface area contributed by atoms with Crippen molar-refractivity contribution in [3.05, 3.63) is 35.9 Å². The standard InChI is InChI=1S/C18H26N2O4/c1-4-15(5-2)20-16(21)12-24-17(22)11-13(3)19-18(23)14-9-7-6-8-10-14/h6-10,13,15H,4-5,11-12H2,1-3H3,(H,19,23)(H,20,21). The summed E-state index contributed by atoms with van der Waals surface area (Å²) in [6, 6.07) is 8.47. The van der Waals surface area contributed by atoms with Crippen molar-refractivity contribution in [1.29, 1.82) is 0 Å². The third-order valence-electron chi connectivity index (χ3n) is 3.60. The highest BCUT2D eigenvalue weighted by atomic mass is 16.5. The Morgan fingerprint density at radius 1 is 1.04 bits per heavy atom. The molecule has 1 atom stereocenters. The van der Waals surface area contributed by atoms with E-state index in [2.05, 4.69) is 10.6 Å². The highest BCUT2D eigenvalue weighted by Crippen LogP contribution is 2.01. The molecule has 1 aromatic carbocycles. The topological polar surface area (TPSA) is 84.5 Å². The maximum absolute atomic E-state index is 12.0. The zero-order chi connectivity index (χ0) is 17.9. The average Bonchev–Trinajstić information content (AvgIpc) is 2.58. The van der Waals surface area contributed by atoms with E-state index in [1.807, 2.05) is 19.9 Å². The Balaban J connectivity index is 2.31. The number of hydrogen-bond acceptors (Lipinski definition) is 4. The van der Waals surface area contributed by atoms with Crippen LogP contribution in [0, 0.1) is 0 Å². The maximum Gasteiger partial charge on any atom is 0.308 e. The minimum absolute atomic E-state index is 0.0108. The van der Waals surface area contributed by atoms with Crippen molar-refractivity contribution < 1.29 is 19.1 Å². The van der Waals surface area contributed by atoms with Crippen molar-refractivity contribution in [2.45, 2.75) is 52.1 Å². The minimum Gasteiger partial charge on any atom is -0.456 e.